The molecule has 0 spiro atoms. The van der Waals surface area contributed by atoms with Gasteiger partial charge in [0.15, 0.2) is 0 Å². The van der Waals surface area contributed by atoms with Gasteiger partial charge in [-0.3, -0.25) is 4.90 Å². The highest BCUT2D eigenvalue weighted by molar-refractivity contribution is 5.85. The number of halogens is 1. The molecule has 2 bridgehead atoms. The standard InChI is InChI=1S/C23H32N2O3.ClH/c1-4-10-28-22-13-19(18-12-17(27-3)6-7-20(18)24-22)23(26)21-11-16-8-9-25(21)14-15(16)5-2;/h6-7,12-13,15-16,21,23,26H,4-5,8-11,14H2,1-3H3;1H/t15-,16-,21-,23+;/m0./s1. The maximum Gasteiger partial charge on any atom is 0.214 e. The number of ether oxygens (including phenoxy) is 2. The Labute approximate surface area is 179 Å². The summed E-state index contributed by atoms with van der Waals surface area (Å²) in [6, 6.07) is 7.94. The summed E-state index contributed by atoms with van der Waals surface area (Å²) in [5.41, 5.74) is 1.74. The Kier molecular flexibility index (Phi) is 7.25. The highest BCUT2D eigenvalue weighted by Gasteiger charge is 2.42. The van der Waals surface area contributed by atoms with E-state index in [0.717, 1.165) is 60.0 Å². The summed E-state index contributed by atoms with van der Waals surface area (Å²) in [6.45, 7) is 7.19. The van der Waals surface area contributed by atoms with Gasteiger partial charge in [0.1, 0.15) is 5.75 Å². The van der Waals surface area contributed by atoms with Crippen molar-refractivity contribution in [3.63, 3.8) is 0 Å². The number of pyridine rings is 1. The van der Waals surface area contributed by atoms with Crippen LogP contribution >= 0.6 is 12.4 Å². The van der Waals surface area contributed by atoms with E-state index in [2.05, 4.69) is 23.7 Å². The first-order chi connectivity index (χ1) is 13.6. The first-order valence-electron chi connectivity index (χ1n) is 10.7. The summed E-state index contributed by atoms with van der Waals surface area (Å²) in [5.74, 6) is 2.88. The zero-order chi connectivity index (χ0) is 19.7. The lowest BCUT2D eigenvalue weighted by Crippen LogP contribution is -2.55. The molecule has 4 heterocycles. The molecule has 5 rings (SSSR count). The molecular formula is C23H33ClN2O3. The van der Waals surface area contributed by atoms with Gasteiger partial charge in [0.05, 0.1) is 25.3 Å². The van der Waals surface area contributed by atoms with Crippen molar-refractivity contribution in [2.24, 2.45) is 11.8 Å². The van der Waals surface area contributed by atoms with Crippen LogP contribution in [0.25, 0.3) is 10.9 Å². The highest BCUT2D eigenvalue weighted by Crippen LogP contribution is 2.43. The molecule has 3 aliphatic heterocycles. The lowest BCUT2D eigenvalue weighted by atomic mass is 9.72. The topological polar surface area (TPSA) is 54.8 Å². The first-order valence-corrected chi connectivity index (χ1v) is 10.7. The molecule has 1 aromatic heterocycles. The molecule has 160 valence electrons. The summed E-state index contributed by atoms with van der Waals surface area (Å²) in [7, 11) is 1.67. The number of benzene rings is 1. The van der Waals surface area contributed by atoms with Crippen LogP contribution in [0.4, 0.5) is 0 Å². The van der Waals surface area contributed by atoms with Crippen molar-refractivity contribution in [2.45, 2.75) is 51.7 Å². The smallest absolute Gasteiger partial charge is 0.214 e. The van der Waals surface area contributed by atoms with E-state index in [0.29, 0.717) is 12.5 Å². The monoisotopic (exact) mass is 420 g/mol. The van der Waals surface area contributed by atoms with Crippen LogP contribution in [0.2, 0.25) is 0 Å². The number of piperidine rings is 3. The van der Waals surface area contributed by atoms with Crippen LogP contribution in [0.3, 0.4) is 0 Å². The van der Waals surface area contributed by atoms with E-state index in [1.807, 2.05) is 24.3 Å². The second kappa shape index (κ2) is 9.50. The van der Waals surface area contributed by atoms with Gasteiger partial charge in [0.2, 0.25) is 5.88 Å². The number of hydrogen-bond acceptors (Lipinski definition) is 5. The Balaban J connectivity index is 0.00000240. The largest absolute Gasteiger partial charge is 0.497 e. The van der Waals surface area contributed by atoms with Crippen LogP contribution in [-0.2, 0) is 0 Å². The fourth-order valence-electron chi connectivity index (χ4n) is 5.04. The zero-order valence-corrected chi connectivity index (χ0v) is 18.5. The molecule has 6 heteroatoms. The normalized spacial score (nSPS) is 26.8. The summed E-state index contributed by atoms with van der Waals surface area (Å²) < 4.78 is 11.3. The van der Waals surface area contributed by atoms with Crippen molar-refractivity contribution in [3.05, 3.63) is 29.8 Å². The summed E-state index contributed by atoms with van der Waals surface area (Å²) in [4.78, 5) is 7.14. The number of aromatic nitrogens is 1. The fourth-order valence-corrected chi connectivity index (χ4v) is 5.04. The molecule has 0 aliphatic carbocycles. The van der Waals surface area contributed by atoms with Crippen LogP contribution in [0.5, 0.6) is 11.6 Å². The Morgan fingerprint density at radius 2 is 2.10 bits per heavy atom. The van der Waals surface area contributed by atoms with Gasteiger partial charge in [-0.2, -0.15) is 0 Å². The molecule has 5 atom stereocenters. The summed E-state index contributed by atoms with van der Waals surface area (Å²) in [5, 5.41) is 12.4. The van der Waals surface area contributed by atoms with E-state index in [4.69, 9.17) is 9.47 Å². The molecule has 0 radical (unpaired) electrons. The van der Waals surface area contributed by atoms with Gasteiger partial charge in [-0.25, -0.2) is 4.98 Å². The minimum atomic E-state index is -0.554. The van der Waals surface area contributed by atoms with E-state index in [9.17, 15) is 5.11 Å². The molecule has 0 saturated carbocycles. The van der Waals surface area contributed by atoms with Crippen LogP contribution in [0, 0.1) is 11.8 Å². The van der Waals surface area contributed by atoms with E-state index in [1.54, 1.807) is 7.11 Å². The molecule has 1 N–H and O–H groups in total. The number of methoxy groups -OCH3 is 1. The highest BCUT2D eigenvalue weighted by atomic mass is 35.5. The number of hydrogen-bond donors (Lipinski definition) is 1. The fraction of sp³-hybridized carbons (Fsp3) is 0.609. The number of aliphatic hydroxyl groups excluding tert-OH is 1. The Morgan fingerprint density at radius 3 is 2.76 bits per heavy atom. The van der Waals surface area contributed by atoms with Gasteiger partial charge in [0, 0.05) is 24.0 Å². The van der Waals surface area contributed by atoms with Crippen LogP contribution in [-0.4, -0.2) is 47.8 Å². The Morgan fingerprint density at radius 1 is 1.28 bits per heavy atom. The third kappa shape index (κ3) is 4.32. The van der Waals surface area contributed by atoms with Crippen molar-refractivity contribution < 1.29 is 14.6 Å². The summed E-state index contributed by atoms with van der Waals surface area (Å²) in [6.07, 6.45) is 3.93. The van der Waals surface area contributed by atoms with Gasteiger partial charge in [0.25, 0.3) is 0 Å². The van der Waals surface area contributed by atoms with Crippen molar-refractivity contribution in [1.29, 1.82) is 0 Å². The molecule has 5 nitrogen and oxygen atoms in total. The third-order valence-electron chi connectivity index (χ3n) is 6.62. The maximum absolute atomic E-state index is 11.5. The average molecular weight is 421 g/mol. The number of rotatable bonds is 7. The zero-order valence-electron chi connectivity index (χ0n) is 17.6. The maximum atomic E-state index is 11.5. The molecule has 1 aromatic carbocycles. The lowest BCUT2D eigenvalue weighted by Gasteiger charge is -2.51. The van der Waals surface area contributed by atoms with Gasteiger partial charge in [-0.15, -0.1) is 12.4 Å². The summed E-state index contributed by atoms with van der Waals surface area (Å²) >= 11 is 0. The minimum Gasteiger partial charge on any atom is -0.497 e. The van der Waals surface area contributed by atoms with Crippen molar-refractivity contribution in [3.8, 4) is 11.6 Å². The molecule has 3 fully saturated rings. The number of fused-ring (bicyclic) bond motifs is 4. The predicted octanol–water partition coefficient (Wildman–Crippen LogP) is 4.61. The molecule has 1 unspecified atom stereocenters. The molecule has 0 amide bonds. The second-order valence-electron chi connectivity index (χ2n) is 8.24. The molecule has 3 aliphatic rings. The minimum absolute atomic E-state index is 0. The van der Waals surface area contributed by atoms with Gasteiger partial charge >= 0.3 is 0 Å². The van der Waals surface area contributed by atoms with Gasteiger partial charge in [-0.05, 0) is 61.4 Å². The third-order valence-corrected chi connectivity index (χ3v) is 6.62. The van der Waals surface area contributed by atoms with Gasteiger partial charge < -0.3 is 14.6 Å². The lowest BCUT2D eigenvalue weighted by molar-refractivity contribution is -0.0562. The molecule has 29 heavy (non-hydrogen) atoms. The van der Waals surface area contributed by atoms with Gasteiger partial charge in [-0.1, -0.05) is 20.3 Å². The average Bonchev–Trinajstić information content (AvgIpc) is 2.76. The van der Waals surface area contributed by atoms with E-state index in [-0.39, 0.29) is 18.4 Å². The van der Waals surface area contributed by atoms with Crippen molar-refractivity contribution in [1.82, 2.24) is 9.88 Å². The number of aliphatic hydroxyl groups is 1. The second-order valence-corrected chi connectivity index (χ2v) is 8.24. The SMILES string of the molecule is CCCOc1cc([C@@H](O)[C@@H]2C[C@@H]3CCN2C[C@@H]3CC)c2cc(OC)ccc2n1.Cl. The van der Waals surface area contributed by atoms with E-state index >= 15 is 0 Å². The Bertz CT molecular complexity index is 831. The van der Waals surface area contributed by atoms with Crippen LogP contribution in [0.1, 0.15) is 51.2 Å². The quantitative estimate of drug-likeness (QED) is 0.708. The van der Waals surface area contributed by atoms with E-state index in [1.165, 1.54) is 12.8 Å². The first kappa shape index (κ1) is 22.1. The van der Waals surface area contributed by atoms with Crippen molar-refractivity contribution in [2.75, 3.05) is 26.8 Å². The molecule has 3 saturated heterocycles. The Hall–Kier alpha value is -1.56. The van der Waals surface area contributed by atoms with Crippen molar-refractivity contribution >= 4 is 23.3 Å². The van der Waals surface area contributed by atoms with E-state index < -0.39 is 6.10 Å². The van der Waals surface area contributed by atoms with Crippen LogP contribution in [0.15, 0.2) is 24.3 Å². The predicted molar refractivity (Wildman–Crippen MR) is 118 cm³/mol. The molecular weight excluding hydrogens is 388 g/mol. The van der Waals surface area contributed by atoms with Crippen LogP contribution < -0.4 is 9.47 Å². The molecule has 2 aromatic rings. The number of nitrogens with zero attached hydrogens (tertiary/aromatic N) is 2.